The highest BCUT2D eigenvalue weighted by Gasteiger charge is 2.06. The second kappa shape index (κ2) is 6.90. The van der Waals surface area contributed by atoms with Crippen molar-refractivity contribution in [2.24, 2.45) is 0 Å². The van der Waals surface area contributed by atoms with E-state index in [2.05, 4.69) is 21.2 Å². The van der Waals surface area contributed by atoms with Crippen LogP contribution in [0.5, 0.6) is 5.75 Å². The number of ether oxygens (including phenoxy) is 1. The molecule has 0 saturated heterocycles. The van der Waals surface area contributed by atoms with Crippen molar-refractivity contribution in [3.63, 3.8) is 0 Å². The molecule has 0 radical (unpaired) electrons. The Morgan fingerprint density at radius 3 is 2.48 bits per heavy atom. The first-order valence-corrected chi connectivity index (χ1v) is 6.85. The molecule has 2 rings (SSSR count). The molecule has 2 aromatic rings. The van der Waals surface area contributed by atoms with E-state index in [1.807, 2.05) is 6.07 Å². The fourth-order valence-corrected chi connectivity index (χ4v) is 2.01. The first-order chi connectivity index (χ1) is 10.0. The van der Waals surface area contributed by atoms with Crippen LogP contribution in [0.25, 0.3) is 0 Å². The highest BCUT2D eigenvalue weighted by Crippen LogP contribution is 2.17. The van der Waals surface area contributed by atoms with Crippen LogP contribution in [0.4, 0.5) is 5.69 Å². The number of hydrogen-bond acceptors (Lipinski definition) is 3. The van der Waals surface area contributed by atoms with Crippen LogP contribution >= 0.6 is 15.9 Å². The van der Waals surface area contributed by atoms with Crippen LogP contribution in [0, 0.1) is 0 Å². The number of carboxylic acids is 1. The van der Waals surface area contributed by atoms with E-state index in [9.17, 15) is 9.59 Å². The van der Waals surface area contributed by atoms with Gasteiger partial charge in [0.15, 0.2) is 6.61 Å². The molecule has 0 aliphatic heterocycles. The summed E-state index contributed by atoms with van der Waals surface area (Å²) in [5, 5.41) is 11.3. The number of carboxylic acid groups (broad SMARTS) is 1. The van der Waals surface area contributed by atoms with E-state index in [1.54, 1.807) is 42.5 Å². The van der Waals surface area contributed by atoms with Crippen molar-refractivity contribution in [2.45, 2.75) is 0 Å². The molecule has 6 heteroatoms. The molecule has 108 valence electrons. The average molecular weight is 350 g/mol. The predicted octanol–water partition coefficient (Wildman–Crippen LogP) is 3.16. The van der Waals surface area contributed by atoms with Crippen molar-refractivity contribution >= 4 is 33.5 Å². The highest BCUT2D eigenvalue weighted by molar-refractivity contribution is 9.10. The van der Waals surface area contributed by atoms with Crippen LogP contribution in [0.15, 0.2) is 53.0 Å². The molecule has 1 amide bonds. The van der Waals surface area contributed by atoms with E-state index < -0.39 is 12.6 Å². The highest BCUT2D eigenvalue weighted by atomic mass is 79.9. The largest absolute Gasteiger partial charge is 0.482 e. The number of anilines is 1. The van der Waals surface area contributed by atoms with Gasteiger partial charge in [0.25, 0.3) is 5.91 Å². The number of aliphatic carboxylic acids is 1. The van der Waals surface area contributed by atoms with Gasteiger partial charge in [-0.1, -0.05) is 22.0 Å². The van der Waals surface area contributed by atoms with Crippen LogP contribution in [0.2, 0.25) is 0 Å². The van der Waals surface area contributed by atoms with E-state index in [-0.39, 0.29) is 5.91 Å². The molecule has 0 atom stereocenters. The lowest BCUT2D eigenvalue weighted by Crippen LogP contribution is -2.12. The van der Waals surface area contributed by atoms with Crippen LogP contribution in [0.1, 0.15) is 10.4 Å². The van der Waals surface area contributed by atoms with Crippen LogP contribution < -0.4 is 10.1 Å². The third-order valence-electron chi connectivity index (χ3n) is 2.56. The summed E-state index contributed by atoms with van der Waals surface area (Å²) in [6.45, 7) is -0.399. The van der Waals surface area contributed by atoms with Gasteiger partial charge in [0.05, 0.1) is 0 Å². The summed E-state index contributed by atoms with van der Waals surface area (Å²) in [6, 6.07) is 13.5. The Kier molecular flexibility index (Phi) is 4.94. The Bertz CT molecular complexity index is 655. The van der Waals surface area contributed by atoms with Gasteiger partial charge in [-0.3, -0.25) is 4.79 Å². The molecule has 2 aromatic carbocycles. The van der Waals surface area contributed by atoms with Gasteiger partial charge in [-0.15, -0.1) is 0 Å². The second-order valence-corrected chi connectivity index (χ2v) is 5.09. The molecule has 0 aliphatic carbocycles. The van der Waals surface area contributed by atoms with Gasteiger partial charge < -0.3 is 15.2 Å². The molecular formula is C15H12BrNO4. The minimum atomic E-state index is -1.04. The third-order valence-corrected chi connectivity index (χ3v) is 3.05. The number of rotatable bonds is 5. The molecule has 0 aromatic heterocycles. The summed E-state index contributed by atoms with van der Waals surface area (Å²) < 4.78 is 5.84. The Morgan fingerprint density at radius 1 is 1.14 bits per heavy atom. The minimum Gasteiger partial charge on any atom is -0.482 e. The smallest absolute Gasteiger partial charge is 0.341 e. The zero-order valence-electron chi connectivity index (χ0n) is 10.9. The van der Waals surface area contributed by atoms with Crippen LogP contribution in [0.3, 0.4) is 0 Å². The van der Waals surface area contributed by atoms with Gasteiger partial charge in [-0.2, -0.15) is 0 Å². The zero-order valence-corrected chi connectivity index (χ0v) is 12.5. The molecule has 0 fully saturated rings. The van der Waals surface area contributed by atoms with E-state index in [1.165, 1.54) is 0 Å². The zero-order chi connectivity index (χ0) is 15.2. The fraction of sp³-hybridized carbons (Fsp3) is 0.0667. The molecule has 0 heterocycles. The number of benzene rings is 2. The summed E-state index contributed by atoms with van der Waals surface area (Å²) in [7, 11) is 0. The van der Waals surface area contributed by atoms with Crippen molar-refractivity contribution in [2.75, 3.05) is 11.9 Å². The van der Waals surface area contributed by atoms with Crippen molar-refractivity contribution in [3.8, 4) is 5.75 Å². The standard InChI is InChI=1S/C15H12BrNO4/c16-11-3-1-2-10(8-11)15(20)17-12-4-6-13(7-5-12)21-9-14(18)19/h1-8H,9H2,(H,17,20)(H,18,19). The quantitative estimate of drug-likeness (QED) is 0.869. The summed E-state index contributed by atoms with van der Waals surface area (Å²) in [5.74, 6) is -0.838. The maximum Gasteiger partial charge on any atom is 0.341 e. The summed E-state index contributed by atoms with van der Waals surface area (Å²) in [5.41, 5.74) is 1.14. The number of carbonyl (C=O) groups is 2. The first-order valence-electron chi connectivity index (χ1n) is 6.06. The van der Waals surface area contributed by atoms with Gasteiger partial charge >= 0.3 is 5.97 Å². The molecule has 21 heavy (non-hydrogen) atoms. The predicted molar refractivity (Wildman–Crippen MR) is 81.7 cm³/mol. The van der Waals surface area contributed by atoms with Crippen molar-refractivity contribution in [1.29, 1.82) is 0 Å². The lowest BCUT2D eigenvalue weighted by Gasteiger charge is -2.07. The second-order valence-electron chi connectivity index (χ2n) is 4.17. The van der Waals surface area contributed by atoms with Crippen molar-refractivity contribution in [3.05, 3.63) is 58.6 Å². The first kappa shape index (κ1) is 15.1. The molecule has 0 unspecified atom stereocenters. The SMILES string of the molecule is O=C(O)COc1ccc(NC(=O)c2cccc(Br)c2)cc1. The molecule has 0 aliphatic rings. The van der Waals surface area contributed by atoms with Gasteiger partial charge in [0.1, 0.15) is 5.75 Å². The average Bonchev–Trinajstić information content (AvgIpc) is 2.46. The number of amides is 1. The monoisotopic (exact) mass is 349 g/mol. The number of halogens is 1. The van der Waals surface area contributed by atoms with Crippen molar-refractivity contribution in [1.82, 2.24) is 0 Å². The Hall–Kier alpha value is -2.34. The van der Waals surface area contributed by atoms with Crippen LogP contribution in [-0.2, 0) is 4.79 Å². The van der Waals surface area contributed by atoms with E-state index >= 15 is 0 Å². The fourth-order valence-electron chi connectivity index (χ4n) is 1.61. The van der Waals surface area contributed by atoms with E-state index in [0.717, 1.165) is 4.47 Å². The topological polar surface area (TPSA) is 75.6 Å². The molecule has 5 nitrogen and oxygen atoms in total. The normalized spacial score (nSPS) is 9.95. The summed E-state index contributed by atoms with van der Waals surface area (Å²) in [4.78, 5) is 22.4. The maximum absolute atomic E-state index is 12.0. The number of carbonyl (C=O) groups excluding carboxylic acids is 1. The number of nitrogens with one attached hydrogen (secondary N) is 1. The number of hydrogen-bond donors (Lipinski definition) is 2. The lowest BCUT2D eigenvalue weighted by atomic mass is 10.2. The summed E-state index contributed by atoms with van der Waals surface area (Å²) in [6.07, 6.45) is 0. The Morgan fingerprint density at radius 2 is 1.86 bits per heavy atom. The van der Waals surface area contributed by atoms with Gasteiger partial charge in [-0.05, 0) is 42.5 Å². The van der Waals surface area contributed by atoms with Gasteiger partial charge in [0, 0.05) is 15.7 Å². The Balaban J connectivity index is 2.00. The van der Waals surface area contributed by atoms with Crippen molar-refractivity contribution < 1.29 is 19.4 Å². The lowest BCUT2D eigenvalue weighted by molar-refractivity contribution is -0.139. The summed E-state index contributed by atoms with van der Waals surface area (Å²) >= 11 is 3.31. The maximum atomic E-state index is 12.0. The molecule has 0 spiro atoms. The minimum absolute atomic E-state index is 0.226. The molecule has 2 N–H and O–H groups in total. The van der Waals surface area contributed by atoms with E-state index in [4.69, 9.17) is 9.84 Å². The van der Waals surface area contributed by atoms with Gasteiger partial charge in [-0.25, -0.2) is 4.79 Å². The van der Waals surface area contributed by atoms with Gasteiger partial charge in [0.2, 0.25) is 0 Å². The molecular weight excluding hydrogens is 338 g/mol. The van der Waals surface area contributed by atoms with Crippen LogP contribution in [-0.4, -0.2) is 23.6 Å². The third kappa shape index (κ3) is 4.61. The Labute approximate surface area is 129 Å². The molecule has 0 saturated carbocycles. The van der Waals surface area contributed by atoms with E-state index in [0.29, 0.717) is 17.0 Å². The molecule has 0 bridgehead atoms.